The number of carbonyl (C=O) groups excluding carboxylic acids is 1. The maximum absolute atomic E-state index is 11.7. The Morgan fingerprint density at radius 3 is 2.75 bits per heavy atom. The maximum atomic E-state index is 11.7. The average molecular weight is 298 g/mol. The number of carbonyl (C=O) groups is 1. The number of rotatable bonds is 8. The number of benzene rings is 1. The largest absolute Gasteiger partial charge is 0.389 e. The molecule has 1 fully saturated rings. The summed E-state index contributed by atoms with van der Waals surface area (Å²) in [5.74, 6) is 0.565. The van der Waals surface area contributed by atoms with Gasteiger partial charge in [0.25, 0.3) is 0 Å². The van der Waals surface area contributed by atoms with Gasteiger partial charge in [0.15, 0.2) is 0 Å². The second-order valence-corrected chi connectivity index (χ2v) is 5.68. The third kappa shape index (κ3) is 5.90. The van der Waals surface area contributed by atoms with Gasteiger partial charge >= 0.3 is 0 Å². The number of amides is 1. The molecule has 2 rings (SSSR count). The zero-order valence-corrected chi connectivity index (χ0v) is 12.1. The van der Waals surface area contributed by atoms with Crippen LogP contribution in [0.25, 0.3) is 0 Å². The van der Waals surface area contributed by atoms with E-state index in [1.807, 2.05) is 12.1 Å². The summed E-state index contributed by atoms with van der Waals surface area (Å²) in [4.78, 5) is 11.7. The number of aliphatic hydroxyl groups is 1. The van der Waals surface area contributed by atoms with Gasteiger partial charge in [0.05, 0.1) is 19.1 Å². The van der Waals surface area contributed by atoms with Gasteiger partial charge in [-0.25, -0.2) is 0 Å². The second kappa shape index (κ2) is 7.62. The minimum absolute atomic E-state index is 0.117. The average Bonchev–Trinajstić information content (AvgIpc) is 3.23. The van der Waals surface area contributed by atoms with Gasteiger partial charge in [-0.1, -0.05) is 23.7 Å². The molecule has 0 radical (unpaired) electrons. The van der Waals surface area contributed by atoms with E-state index in [-0.39, 0.29) is 25.5 Å². The molecule has 110 valence electrons. The van der Waals surface area contributed by atoms with E-state index in [9.17, 15) is 9.90 Å². The quantitative estimate of drug-likeness (QED) is 0.769. The molecular weight excluding hydrogens is 278 g/mol. The summed E-state index contributed by atoms with van der Waals surface area (Å²) >= 11 is 5.78. The molecular formula is C15H20ClNO3. The predicted molar refractivity (Wildman–Crippen MR) is 77.7 cm³/mol. The van der Waals surface area contributed by atoms with Crippen molar-refractivity contribution in [3.8, 4) is 0 Å². The first kappa shape index (κ1) is 15.3. The fourth-order valence-corrected chi connectivity index (χ4v) is 1.92. The van der Waals surface area contributed by atoms with Crippen molar-refractivity contribution in [1.29, 1.82) is 0 Å². The van der Waals surface area contributed by atoms with Crippen molar-refractivity contribution < 1.29 is 14.6 Å². The van der Waals surface area contributed by atoms with Gasteiger partial charge in [0.2, 0.25) is 5.91 Å². The van der Waals surface area contributed by atoms with Crippen molar-refractivity contribution in [2.24, 2.45) is 5.92 Å². The van der Waals surface area contributed by atoms with Gasteiger partial charge in [-0.15, -0.1) is 0 Å². The zero-order valence-electron chi connectivity index (χ0n) is 11.3. The van der Waals surface area contributed by atoms with Crippen molar-refractivity contribution in [3.63, 3.8) is 0 Å². The highest BCUT2D eigenvalue weighted by molar-refractivity contribution is 6.30. The minimum Gasteiger partial charge on any atom is -0.389 e. The summed E-state index contributed by atoms with van der Waals surface area (Å²) < 4.78 is 5.37. The third-order valence-corrected chi connectivity index (χ3v) is 3.43. The molecule has 1 aromatic rings. The first-order valence-electron chi connectivity index (χ1n) is 6.90. The van der Waals surface area contributed by atoms with Gasteiger partial charge in [0.1, 0.15) is 0 Å². The highest BCUT2D eigenvalue weighted by atomic mass is 35.5. The summed E-state index contributed by atoms with van der Waals surface area (Å²) in [6.07, 6.45) is 2.09. The molecule has 0 saturated heterocycles. The van der Waals surface area contributed by atoms with Crippen LogP contribution in [-0.4, -0.2) is 36.9 Å². The van der Waals surface area contributed by atoms with E-state index >= 15 is 0 Å². The molecule has 1 amide bonds. The lowest BCUT2D eigenvalue weighted by molar-refractivity contribution is -0.121. The molecule has 0 bridgehead atoms. The monoisotopic (exact) mass is 297 g/mol. The van der Waals surface area contributed by atoms with Crippen molar-refractivity contribution in [3.05, 3.63) is 34.9 Å². The van der Waals surface area contributed by atoms with Crippen molar-refractivity contribution in [1.82, 2.24) is 5.32 Å². The Morgan fingerprint density at radius 1 is 1.40 bits per heavy atom. The molecule has 4 nitrogen and oxygen atoms in total. The standard InChI is InChI=1S/C15H20ClNO3/c16-13-5-3-11(4-6-13)7-15(19)17-8-14(18)10-20-9-12-1-2-12/h3-6,12,14,18H,1-2,7-10H2,(H,17,19). The number of nitrogens with one attached hydrogen (secondary N) is 1. The van der Waals surface area contributed by atoms with E-state index in [0.29, 0.717) is 10.9 Å². The second-order valence-electron chi connectivity index (χ2n) is 5.24. The fourth-order valence-electron chi connectivity index (χ4n) is 1.80. The zero-order chi connectivity index (χ0) is 14.4. The molecule has 1 aliphatic carbocycles. The van der Waals surface area contributed by atoms with Crippen LogP contribution < -0.4 is 5.32 Å². The molecule has 0 aromatic heterocycles. The molecule has 5 heteroatoms. The molecule has 0 aliphatic heterocycles. The van der Waals surface area contributed by atoms with E-state index in [0.717, 1.165) is 12.2 Å². The number of hydrogen-bond donors (Lipinski definition) is 2. The van der Waals surface area contributed by atoms with Gasteiger partial charge in [-0.3, -0.25) is 4.79 Å². The molecule has 1 saturated carbocycles. The summed E-state index contributed by atoms with van der Waals surface area (Å²) in [5.41, 5.74) is 0.895. The number of aliphatic hydroxyl groups excluding tert-OH is 1. The van der Waals surface area contributed by atoms with Crippen LogP contribution in [0.2, 0.25) is 5.02 Å². The number of halogens is 1. The van der Waals surface area contributed by atoms with E-state index in [1.165, 1.54) is 12.8 Å². The van der Waals surface area contributed by atoms with E-state index < -0.39 is 6.10 Å². The molecule has 1 aliphatic rings. The van der Waals surface area contributed by atoms with Crippen LogP contribution in [0.4, 0.5) is 0 Å². The van der Waals surface area contributed by atoms with E-state index in [4.69, 9.17) is 16.3 Å². The van der Waals surface area contributed by atoms with Crippen LogP contribution in [0.3, 0.4) is 0 Å². The Hall–Kier alpha value is -1.10. The Bertz CT molecular complexity index is 431. The van der Waals surface area contributed by atoms with Gasteiger partial charge in [-0.2, -0.15) is 0 Å². The number of hydrogen-bond acceptors (Lipinski definition) is 3. The van der Waals surface area contributed by atoms with E-state index in [2.05, 4.69) is 5.32 Å². The Balaban J connectivity index is 1.59. The lowest BCUT2D eigenvalue weighted by Crippen LogP contribution is -2.35. The van der Waals surface area contributed by atoms with Gasteiger partial charge in [0, 0.05) is 18.2 Å². The van der Waals surface area contributed by atoms with Crippen molar-refractivity contribution >= 4 is 17.5 Å². The minimum atomic E-state index is -0.650. The third-order valence-electron chi connectivity index (χ3n) is 3.17. The first-order chi connectivity index (χ1) is 9.63. The highest BCUT2D eigenvalue weighted by Crippen LogP contribution is 2.28. The number of ether oxygens (including phenoxy) is 1. The predicted octanol–water partition coefficient (Wildman–Crippen LogP) is 1.79. The Kier molecular flexibility index (Phi) is 5.83. The molecule has 1 unspecified atom stereocenters. The van der Waals surface area contributed by atoms with Crippen LogP contribution in [0, 0.1) is 5.92 Å². The lowest BCUT2D eigenvalue weighted by Gasteiger charge is -2.12. The molecule has 0 spiro atoms. The maximum Gasteiger partial charge on any atom is 0.224 e. The molecule has 20 heavy (non-hydrogen) atoms. The summed E-state index contributed by atoms with van der Waals surface area (Å²) in [6, 6.07) is 7.14. The van der Waals surface area contributed by atoms with Crippen LogP contribution in [0.1, 0.15) is 18.4 Å². The molecule has 1 atom stereocenters. The normalized spacial score (nSPS) is 15.9. The fraction of sp³-hybridized carbons (Fsp3) is 0.533. The highest BCUT2D eigenvalue weighted by Gasteiger charge is 2.21. The van der Waals surface area contributed by atoms with Crippen molar-refractivity contribution in [2.45, 2.75) is 25.4 Å². The van der Waals surface area contributed by atoms with Crippen molar-refractivity contribution in [2.75, 3.05) is 19.8 Å². The van der Waals surface area contributed by atoms with E-state index in [1.54, 1.807) is 12.1 Å². The SMILES string of the molecule is O=C(Cc1ccc(Cl)cc1)NCC(O)COCC1CC1. The first-order valence-corrected chi connectivity index (χ1v) is 7.28. The van der Waals surface area contributed by atoms with Crippen LogP contribution in [0.5, 0.6) is 0 Å². The van der Waals surface area contributed by atoms with Crippen LogP contribution in [-0.2, 0) is 16.0 Å². The van der Waals surface area contributed by atoms with Gasteiger partial charge < -0.3 is 15.2 Å². The Morgan fingerprint density at radius 2 is 2.10 bits per heavy atom. The molecule has 1 aromatic carbocycles. The molecule has 2 N–H and O–H groups in total. The van der Waals surface area contributed by atoms with Crippen LogP contribution in [0.15, 0.2) is 24.3 Å². The summed E-state index contributed by atoms with van der Waals surface area (Å²) in [7, 11) is 0. The van der Waals surface area contributed by atoms with Crippen LogP contribution >= 0.6 is 11.6 Å². The smallest absolute Gasteiger partial charge is 0.224 e. The Labute approximate surface area is 124 Å². The lowest BCUT2D eigenvalue weighted by atomic mass is 10.1. The summed E-state index contributed by atoms with van der Waals surface area (Å²) in [6.45, 7) is 1.21. The topological polar surface area (TPSA) is 58.6 Å². The molecule has 0 heterocycles. The van der Waals surface area contributed by atoms with Gasteiger partial charge in [-0.05, 0) is 36.5 Å². The summed E-state index contributed by atoms with van der Waals surface area (Å²) in [5, 5.41) is 13.0.